The second kappa shape index (κ2) is 8.85. The monoisotopic (exact) mass is 418 g/mol. The van der Waals surface area contributed by atoms with Crippen LogP contribution >= 0.6 is 22.9 Å². The first-order valence-electron chi connectivity index (χ1n) is 10.1. The molecule has 2 aromatic rings. The maximum absolute atomic E-state index is 12.5. The number of carbonyl (C=O) groups is 1. The van der Waals surface area contributed by atoms with E-state index in [9.17, 15) is 4.79 Å². The number of rotatable bonds is 7. The normalized spacial score (nSPS) is 22.8. The SMILES string of the molecule is Cc1ccc(C2CC2C(=O)NC2CCN(CCOc3ccc(Cl)cc3)CC2)s1. The lowest BCUT2D eigenvalue weighted by atomic mass is 10.0. The summed E-state index contributed by atoms with van der Waals surface area (Å²) in [4.78, 5) is 17.7. The number of thiophene rings is 1. The molecule has 1 amide bonds. The van der Waals surface area contributed by atoms with Crippen molar-refractivity contribution in [2.75, 3.05) is 26.2 Å². The van der Waals surface area contributed by atoms with E-state index in [1.807, 2.05) is 35.6 Å². The highest BCUT2D eigenvalue weighted by Crippen LogP contribution is 2.49. The smallest absolute Gasteiger partial charge is 0.223 e. The fourth-order valence-corrected chi connectivity index (χ4v) is 5.07. The van der Waals surface area contributed by atoms with Gasteiger partial charge in [-0.1, -0.05) is 11.6 Å². The lowest BCUT2D eigenvalue weighted by Crippen LogP contribution is -2.46. The van der Waals surface area contributed by atoms with Gasteiger partial charge in [0.1, 0.15) is 12.4 Å². The average molecular weight is 419 g/mol. The fraction of sp³-hybridized carbons (Fsp3) is 0.500. The Morgan fingerprint density at radius 3 is 2.64 bits per heavy atom. The van der Waals surface area contributed by atoms with Crippen molar-refractivity contribution in [1.82, 2.24) is 10.2 Å². The summed E-state index contributed by atoms with van der Waals surface area (Å²) in [5.41, 5.74) is 0. The zero-order valence-electron chi connectivity index (χ0n) is 16.2. The van der Waals surface area contributed by atoms with Gasteiger partial charge in [-0.15, -0.1) is 11.3 Å². The van der Waals surface area contributed by atoms with Crippen LogP contribution in [0.3, 0.4) is 0 Å². The van der Waals surface area contributed by atoms with Crippen LogP contribution in [0, 0.1) is 12.8 Å². The molecular formula is C22H27ClN2O2S. The highest BCUT2D eigenvalue weighted by molar-refractivity contribution is 7.12. The van der Waals surface area contributed by atoms with Crippen LogP contribution in [-0.2, 0) is 4.79 Å². The summed E-state index contributed by atoms with van der Waals surface area (Å²) in [5.74, 6) is 1.74. The van der Waals surface area contributed by atoms with E-state index in [0.29, 0.717) is 18.6 Å². The molecule has 2 unspecified atom stereocenters. The number of amides is 1. The molecule has 0 radical (unpaired) electrons. The minimum absolute atomic E-state index is 0.184. The average Bonchev–Trinajstić information content (AvgIpc) is 3.39. The van der Waals surface area contributed by atoms with Gasteiger partial charge in [0, 0.05) is 52.3 Å². The van der Waals surface area contributed by atoms with Gasteiger partial charge >= 0.3 is 0 Å². The van der Waals surface area contributed by atoms with Gasteiger partial charge < -0.3 is 10.1 Å². The third kappa shape index (κ3) is 5.07. The summed E-state index contributed by atoms with van der Waals surface area (Å²) < 4.78 is 5.78. The number of nitrogens with one attached hydrogen (secondary N) is 1. The zero-order valence-corrected chi connectivity index (χ0v) is 17.8. The molecule has 1 aromatic heterocycles. The summed E-state index contributed by atoms with van der Waals surface area (Å²) in [6.07, 6.45) is 3.04. The molecular weight excluding hydrogens is 392 g/mol. The minimum atomic E-state index is 0.184. The number of halogens is 1. The topological polar surface area (TPSA) is 41.6 Å². The molecule has 2 heterocycles. The van der Waals surface area contributed by atoms with Gasteiger partial charge in [-0.2, -0.15) is 0 Å². The van der Waals surface area contributed by atoms with Crippen molar-refractivity contribution in [3.8, 4) is 5.75 Å². The molecule has 0 spiro atoms. The number of likely N-dealkylation sites (tertiary alicyclic amines) is 1. The quantitative estimate of drug-likeness (QED) is 0.721. The Morgan fingerprint density at radius 1 is 1.21 bits per heavy atom. The summed E-state index contributed by atoms with van der Waals surface area (Å²) in [6.45, 7) is 5.72. The van der Waals surface area contributed by atoms with Crippen molar-refractivity contribution in [1.29, 1.82) is 0 Å². The van der Waals surface area contributed by atoms with Crippen LogP contribution in [0.1, 0.15) is 34.9 Å². The number of hydrogen-bond donors (Lipinski definition) is 1. The van der Waals surface area contributed by atoms with E-state index in [0.717, 1.165) is 49.7 Å². The van der Waals surface area contributed by atoms with Crippen LogP contribution in [0.25, 0.3) is 0 Å². The van der Waals surface area contributed by atoms with Crippen LogP contribution in [0.4, 0.5) is 0 Å². The van der Waals surface area contributed by atoms with E-state index in [-0.39, 0.29) is 11.8 Å². The fourth-order valence-electron chi connectivity index (χ4n) is 3.88. The summed E-state index contributed by atoms with van der Waals surface area (Å²) >= 11 is 7.71. The third-order valence-electron chi connectivity index (χ3n) is 5.68. The molecule has 1 saturated heterocycles. The van der Waals surface area contributed by atoms with Gasteiger partial charge in [0.15, 0.2) is 0 Å². The first-order chi connectivity index (χ1) is 13.6. The highest BCUT2D eigenvalue weighted by atomic mass is 35.5. The number of nitrogens with zero attached hydrogens (tertiary/aromatic N) is 1. The molecule has 0 bridgehead atoms. The highest BCUT2D eigenvalue weighted by Gasteiger charge is 2.45. The first kappa shape index (κ1) is 19.7. The predicted octanol–water partition coefficient (Wildman–Crippen LogP) is 4.47. The minimum Gasteiger partial charge on any atom is -0.492 e. The molecule has 2 aliphatic rings. The van der Waals surface area contributed by atoms with Crippen molar-refractivity contribution in [3.63, 3.8) is 0 Å². The molecule has 1 aliphatic heterocycles. The Hall–Kier alpha value is -1.56. The molecule has 1 saturated carbocycles. The van der Waals surface area contributed by atoms with Crippen molar-refractivity contribution in [2.24, 2.45) is 5.92 Å². The number of hydrogen-bond acceptors (Lipinski definition) is 4. The predicted molar refractivity (Wildman–Crippen MR) is 114 cm³/mol. The van der Waals surface area contributed by atoms with Crippen LogP contribution in [-0.4, -0.2) is 43.1 Å². The van der Waals surface area contributed by atoms with E-state index < -0.39 is 0 Å². The summed E-state index contributed by atoms with van der Waals surface area (Å²) in [6, 6.07) is 12.1. The molecule has 2 atom stereocenters. The van der Waals surface area contributed by atoms with E-state index in [4.69, 9.17) is 16.3 Å². The lowest BCUT2D eigenvalue weighted by Gasteiger charge is -2.32. The van der Waals surface area contributed by atoms with Gasteiger partial charge in [0.25, 0.3) is 0 Å². The molecule has 150 valence electrons. The van der Waals surface area contributed by atoms with Gasteiger partial charge in [-0.3, -0.25) is 9.69 Å². The number of piperidine rings is 1. The maximum Gasteiger partial charge on any atom is 0.223 e. The number of ether oxygens (including phenoxy) is 1. The molecule has 6 heteroatoms. The number of aryl methyl sites for hydroxylation is 1. The van der Waals surface area contributed by atoms with E-state index in [2.05, 4.69) is 29.3 Å². The Labute approximate surface area is 175 Å². The van der Waals surface area contributed by atoms with E-state index in [1.54, 1.807) is 0 Å². The largest absolute Gasteiger partial charge is 0.492 e. The summed E-state index contributed by atoms with van der Waals surface area (Å²) in [7, 11) is 0. The Morgan fingerprint density at radius 2 is 1.96 bits per heavy atom. The van der Waals surface area contributed by atoms with E-state index >= 15 is 0 Å². The van der Waals surface area contributed by atoms with Gasteiger partial charge in [0.05, 0.1) is 0 Å². The number of benzene rings is 1. The molecule has 28 heavy (non-hydrogen) atoms. The molecule has 4 rings (SSSR count). The molecule has 1 N–H and O–H groups in total. The Kier molecular flexibility index (Phi) is 6.24. The zero-order chi connectivity index (χ0) is 19.5. The van der Waals surface area contributed by atoms with Crippen LogP contribution in [0.5, 0.6) is 5.75 Å². The maximum atomic E-state index is 12.5. The lowest BCUT2D eigenvalue weighted by molar-refractivity contribution is -0.123. The van der Waals surface area contributed by atoms with Crippen LogP contribution in [0.2, 0.25) is 5.02 Å². The third-order valence-corrected chi connectivity index (χ3v) is 7.06. The van der Waals surface area contributed by atoms with Gasteiger partial charge in [-0.05, 0) is 62.6 Å². The molecule has 2 fully saturated rings. The van der Waals surface area contributed by atoms with Crippen LogP contribution in [0.15, 0.2) is 36.4 Å². The Bertz CT molecular complexity index is 799. The molecule has 4 nitrogen and oxygen atoms in total. The Balaban J connectivity index is 1.14. The van der Waals surface area contributed by atoms with Crippen molar-refractivity contribution in [3.05, 3.63) is 51.2 Å². The van der Waals surface area contributed by atoms with E-state index in [1.165, 1.54) is 9.75 Å². The summed E-state index contributed by atoms with van der Waals surface area (Å²) in [5, 5.41) is 4.01. The van der Waals surface area contributed by atoms with Crippen molar-refractivity contribution >= 4 is 28.8 Å². The van der Waals surface area contributed by atoms with Gasteiger partial charge in [0.2, 0.25) is 5.91 Å². The second-order valence-corrected chi connectivity index (χ2v) is 9.58. The van der Waals surface area contributed by atoms with Crippen molar-refractivity contribution < 1.29 is 9.53 Å². The second-order valence-electron chi connectivity index (χ2n) is 7.82. The molecule has 1 aliphatic carbocycles. The molecule has 1 aromatic carbocycles. The van der Waals surface area contributed by atoms with Gasteiger partial charge in [-0.25, -0.2) is 0 Å². The van der Waals surface area contributed by atoms with Crippen LogP contribution < -0.4 is 10.1 Å². The standard InChI is InChI=1S/C22H27ClN2O2S/c1-15-2-7-21(28-15)19-14-20(19)22(26)24-17-8-10-25(11-9-17)12-13-27-18-5-3-16(23)4-6-18/h2-7,17,19-20H,8-14H2,1H3,(H,24,26). The number of carbonyl (C=O) groups excluding carboxylic acids is 1. The van der Waals surface area contributed by atoms with Crippen molar-refractivity contribution in [2.45, 2.75) is 38.1 Å². The first-order valence-corrected chi connectivity index (χ1v) is 11.3.